The molecule has 2 heteroatoms. The molecule has 0 saturated heterocycles. The minimum Gasteiger partial charge on any atom is -0.358 e. The second-order valence-corrected chi connectivity index (χ2v) is 5.36. The van der Waals surface area contributed by atoms with E-state index in [4.69, 9.17) is 0 Å². The lowest BCUT2D eigenvalue weighted by Gasteiger charge is -2.10. The van der Waals surface area contributed by atoms with Crippen LogP contribution in [0.1, 0.15) is 29.7 Å². The summed E-state index contributed by atoms with van der Waals surface area (Å²) in [5.41, 5.74) is 6.59. The van der Waals surface area contributed by atoms with Crippen molar-refractivity contribution in [1.82, 2.24) is 9.97 Å². The first-order valence-electron chi connectivity index (χ1n) is 6.72. The number of aryl methyl sites for hydroxylation is 3. The summed E-state index contributed by atoms with van der Waals surface area (Å²) in [6.07, 6.45) is 7.07. The van der Waals surface area contributed by atoms with E-state index in [9.17, 15) is 0 Å². The van der Waals surface area contributed by atoms with Gasteiger partial charge in [0.05, 0.1) is 11.0 Å². The highest BCUT2D eigenvalue weighted by Gasteiger charge is 2.16. The van der Waals surface area contributed by atoms with E-state index in [1.807, 2.05) is 0 Å². The van der Waals surface area contributed by atoms with Crippen LogP contribution in [0, 0.1) is 6.92 Å². The maximum Gasteiger partial charge on any atom is 0.0725 e. The Morgan fingerprint density at radius 3 is 2.94 bits per heavy atom. The number of nitrogens with one attached hydrogen (secondary N) is 1. The summed E-state index contributed by atoms with van der Waals surface area (Å²) in [5, 5.41) is 2.59. The molecule has 1 N–H and O–H groups in total. The fourth-order valence-corrected chi connectivity index (χ4v) is 3.16. The quantitative estimate of drug-likeness (QED) is 0.630. The molecule has 0 saturated carbocycles. The van der Waals surface area contributed by atoms with Crippen LogP contribution in [0.2, 0.25) is 0 Å². The summed E-state index contributed by atoms with van der Waals surface area (Å²) in [7, 11) is 0. The molecule has 0 radical (unpaired) electrons. The standard InChI is InChI=1S/C16H16N2/c1-10-6-7-12-15(8-10)17-9-13-11-4-2-3-5-14(11)18-16(12)13/h6-9,18H,2-5H2,1H3. The first-order chi connectivity index (χ1) is 8.83. The molecule has 2 nitrogen and oxygen atoms in total. The molecule has 2 heterocycles. The summed E-state index contributed by atoms with van der Waals surface area (Å²) in [4.78, 5) is 8.27. The number of hydrogen-bond acceptors (Lipinski definition) is 1. The Balaban J connectivity index is 2.13. The van der Waals surface area contributed by atoms with Crippen LogP contribution in [-0.4, -0.2) is 9.97 Å². The van der Waals surface area contributed by atoms with E-state index in [1.54, 1.807) is 0 Å². The van der Waals surface area contributed by atoms with E-state index in [2.05, 4.69) is 41.3 Å². The van der Waals surface area contributed by atoms with E-state index in [-0.39, 0.29) is 0 Å². The van der Waals surface area contributed by atoms with Crippen LogP contribution in [0.3, 0.4) is 0 Å². The number of aromatic nitrogens is 2. The normalized spacial score (nSPS) is 15.2. The molecule has 90 valence electrons. The van der Waals surface area contributed by atoms with Crippen molar-refractivity contribution < 1.29 is 0 Å². The molecule has 1 aromatic carbocycles. The average molecular weight is 236 g/mol. The van der Waals surface area contributed by atoms with Gasteiger partial charge in [-0.25, -0.2) is 0 Å². The molecule has 0 unspecified atom stereocenters. The Kier molecular flexibility index (Phi) is 2.01. The zero-order valence-corrected chi connectivity index (χ0v) is 10.6. The third-order valence-electron chi connectivity index (χ3n) is 4.09. The predicted molar refractivity (Wildman–Crippen MR) is 75.0 cm³/mol. The number of H-pyrrole nitrogens is 1. The Labute approximate surface area is 106 Å². The molecule has 0 bridgehead atoms. The number of pyridine rings is 1. The Bertz CT molecular complexity index is 752. The van der Waals surface area contributed by atoms with Gasteiger partial charge in [0.1, 0.15) is 0 Å². The number of nitrogens with zero attached hydrogens (tertiary/aromatic N) is 1. The van der Waals surface area contributed by atoms with Gasteiger partial charge in [-0.1, -0.05) is 12.1 Å². The van der Waals surface area contributed by atoms with Gasteiger partial charge >= 0.3 is 0 Å². The predicted octanol–water partition coefficient (Wildman–Crippen LogP) is 3.90. The molecule has 0 atom stereocenters. The minimum atomic E-state index is 1.10. The summed E-state index contributed by atoms with van der Waals surface area (Å²) in [5.74, 6) is 0. The van der Waals surface area contributed by atoms with Crippen molar-refractivity contribution in [3.63, 3.8) is 0 Å². The number of rotatable bonds is 0. The Hall–Kier alpha value is -1.83. The van der Waals surface area contributed by atoms with Gasteiger partial charge in [0, 0.05) is 22.7 Å². The molecule has 1 aliphatic rings. The molecule has 0 fully saturated rings. The van der Waals surface area contributed by atoms with Crippen molar-refractivity contribution in [1.29, 1.82) is 0 Å². The maximum absolute atomic E-state index is 4.63. The first-order valence-corrected chi connectivity index (χ1v) is 6.72. The number of benzene rings is 1. The molecule has 0 spiro atoms. The van der Waals surface area contributed by atoms with Gasteiger partial charge < -0.3 is 4.98 Å². The van der Waals surface area contributed by atoms with Crippen molar-refractivity contribution in [2.75, 3.05) is 0 Å². The molecule has 2 aromatic heterocycles. The van der Waals surface area contributed by atoms with Crippen LogP contribution < -0.4 is 0 Å². The molecule has 4 rings (SSSR count). The second-order valence-electron chi connectivity index (χ2n) is 5.36. The molecule has 3 aromatic rings. The molecular formula is C16H16N2. The van der Waals surface area contributed by atoms with Crippen LogP contribution in [0.5, 0.6) is 0 Å². The monoisotopic (exact) mass is 236 g/mol. The van der Waals surface area contributed by atoms with Crippen molar-refractivity contribution in [2.24, 2.45) is 0 Å². The van der Waals surface area contributed by atoms with Crippen molar-refractivity contribution in [2.45, 2.75) is 32.6 Å². The zero-order chi connectivity index (χ0) is 12.1. The molecule has 18 heavy (non-hydrogen) atoms. The molecule has 0 amide bonds. The summed E-state index contributed by atoms with van der Waals surface area (Å²) in [6, 6.07) is 6.53. The Morgan fingerprint density at radius 1 is 1.11 bits per heavy atom. The molecule has 1 aliphatic carbocycles. The van der Waals surface area contributed by atoms with E-state index in [0.29, 0.717) is 0 Å². The highest BCUT2D eigenvalue weighted by molar-refractivity contribution is 6.05. The van der Waals surface area contributed by atoms with Gasteiger partial charge in [-0.2, -0.15) is 0 Å². The highest BCUT2D eigenvalue weighted by Crippen LogP contribution is 2.32. The van der Waals surface area contributed by atoms with Crippen LogP contribution >= 0.6 is 0 Å². The van der Waals surface area contributed by atoms with E-state index < -0.39 is 0 Å². The molecular weight excluding hydrogens is 220 g/mol. The smallest absolute Gasteiger partial charge is 0.0725 e. The first kappa shape index (κ1) is 10.1. The summed E-state index contributed by atoms with van der Waals surface area (Å²) < 4.78 is 0. The maximum atomic E-state index is 4.63. The fraction of sp³-hybridized carbons (Fsp3) is 0.312. The van der Waals surface area contributed by atoms with Gasteiger partial charge in [0.25, 0.3) is 0 Å². The second kappa shape index (κ2) is 3.58. The average Bonchev–Trinajstić information content (AvgIpc) is 2.77. The van der Waals surface area contributed by atoms with Crippen molar-refractivity contribution in [3.8, 4) is 0 Å². The van der Waals surface area contributed by atoms with Gasteiger partial charge in [0.15, 0.2) is 0 Å². The topological polar surface area (TPSA) is 28.7 Å². The molecule has 0 aliphatic heterocycles. The van der Waals surface area contributed by atoms with E-state index >= 15 is 0 Å². The van der Waals surface area contributed by atoms with Gasteiger partial charge in [-0.05, 0) is 49.8 Å². The van der Waals surface area contributed by atoms with Crippen molar-refractivity contribution >= 4 is 21.8 Å². The van der Waals surface area contributed by atoms with Crippen LogP contribution in [0.15, 0.2) is 24.4 Å². The third-order valence-corrected chi connectivity index (χ3v) is 4.09. The lowest BCUT2D eigenvalue weighted by Crippen LogP contribution is -1.99. The SMILES string of the molecule is Cc1ccc2c(c1)ncc1c3c([nH]c12)CCCC3. The minimum absolute atomic E-state index is 1.10. The van der Waals surface area contributed by atoms with Crippen molar-refractivity contribution in [3.05, 3.63) is 41.2 Å². The lowest BCUT2D eigenvalue weighted by atomic mass is 9.96. The van der Waals surface area contributed by atoms with Crippen LogP contribution in [-0.2, 0) is 12.8 Å². The van der Waals surface area contributed by atoms with E-state index in [0.717, 1.165) is 5.52 Å². The highest BCUT2D eigenvalue weighted by atomic mass is 14.8. The number of hydrogen-bond donors (Lipinski definition) is 1. The van der Waals surface area contributed by atoms with Gasteiger partial charge in [-0.3, -0.25) is 4.98 Å². The number of fused-ring (bicyclic) bond motifs is 5. The van der Waals surface area contributed by atoms with Gasteiger partial charge in [0.2, 0.25) is 0 Å². The lowest BCUT2D eigenvalue weighted by molar-refractivity contribution is 0.680. The Morgan fingerprint density at radius 2 is 2.00 bits per heavy atom. The van der Waals surface area contributed by atoms with Crippen LogP contribution in [0.4, 0.5) is 0 Å². The largest absolute Gasteiger partial charge is 0.358 e. The fourth-order valence-electron chi connectivity index (χ4n) is 3.16. The summed E-state index contributed by atoms with van der Waals surface area (Å²) >= 11 is 0. The zero-order valence-electron chi connectivity index (χ0n) is 10.6. The van der Waals surface area contributed by atoms with E-state index in [1.165, 1.54) is 58.8 Å². The van der Waals surface area contributed by atoms with Gasteiger partial charge in [-0.15, -0.1) is 0 Å². The third kappa shape index (κ3) is 1.32. The van der Waals surface area contributed by atoms with Crippen LogP contribution in [0.25, 0.3) is 21.8 Å². The summed E-state index contributed by atoms with van der Waals surface area (Å²) in [6.45, 7) is 2.12. The number of aromatic amines is 1.